The van der Waals surface area contributed by atoms with Crippen molar-refractivity contribution in [3.8, 4) is 0 Å². The predicted octanol–water partition coefficient (Wildman–Crippen LogP) is 3.80. The number of amides is 4. The molecule has 0 radical (unpaired) electrons. The second-order valence-corrected chi connectivity index (χ2v) is 7.63. The van der Waals surface area contributed by atoms with Crippen molar-refractivity contribution in [3.63, 3.8) is 0 Å². The minimum absolute atomic E-state index is 0.0721. The highest BCUT2D eigenvalue weighted by molar-refractivity contribution is 6.30. The predicted molar refractivity (Wildman–Crippen MR) is 113 cm³/mol. The molecule has 0 bridgehead atoms. The third-order valence-electron chi connectivity index (χ3n) is 4.74. The van der Waals surface area contributed by atoms with E-state index in [-0.39, 0.29) is 19.7 Å². The van der Waals surface area contributed by atoms with Gasteiger partial charge < -0.3 is 10.4 Å². The lowest BCUT2D eigenvalue weighted by molar-refractivity contribution is 0.0992. The van der Waals surface area contributed by atoms with Crippen molar-refractivity contribution in [2.45, 2.75) is 32.6 Å². The zero-order valence-corrected chi connectivity index (χ0v) is 17.2. The Kier molecular flexibility index (Phi) is 6.61. The standard InChI is InChI=1S/C21H25ClN4O3/c1-14(2)16-4-3-5-18(12-16)23-19-24-20(28)25(10-11-27)21(29)26(19)13-15-6-8-17(22)9-7-15/h3-9,12,14,19,23,27H,10-11,13H2,1-2H3,(H,24,28). The van der Waals surface area contributed by atoms with E-state index in [1.165, 1.54) is 4.90 Å². The first kappa shape index (κ1) is 21.0. The van der Waals surface area contributed by atoms with Crippen LogP contribution in [0.5, 0.6) is 0 Å². The lowest BCUT2D eigenvalue weighted by Gasteiger charge is -2.41. The van der Waals surface area contributed by atoms with Gasteiger partial charge in [-0.05, 0) is 41.3 Å². The third-order valence-corrected chi connectivity index (χ3v) is 4.99. The molecule has 2 aromatic carbocycles. The summed E-state index contributed by atoms with van der Waals surface area (Å²) in [6.07, 6.45) is -0.733. The van der Waals surface area contributed by atoms with Crippen LogP contribution in [0.3, 0.4) is 0 Å². The molecule has 0 saturated carbocycles. The Bertz CT molecular complexity index is 872. The molecule has 3 N–H and O–H groups in total. The molecule has 1 saturated heterocycles. The number of aliphatic hydroxyl groups is 1. The van der Waals surface area contributed by atoms with E-state index in [4.69, 9.17) is 11.6 Å². The fraction of sp³-hybridized carbons (Fsp3) is 0.333. The van der Waals surface area contributed by atoms with Crippen LogP contribution in [0.1, 0.15) is 30.9 Å². The summed E-state index contributed by atoms with van der Waals surface area (Å²) in [5, 5.41) is 15.9. The van der Waals surface area contributed by atoms with Crippen LogP contribution in [0.2, 0.25) is 5.02 Å². The first-order valence-electron chi connectivity index (χ1n) is 9.49. The van der Waals surface area contributed by atoms with Crippen molar-refractivity contribution < 1.29 is 14.7 Å². The number of β-amino-alcohol motifs (C(OH)–C–C–N with tert-alkyl or cyclic N) is 1. The highest BCUT2D eigenvalue weighted by Crippen LogP contribution is 2.22. The molecule has 1 fully saturated rings. The molecule has 1 aliphatic heterocycles. The minimum atomic E-state index is -0.733. The van der Waals surface area contributed by atoms with E-state index in [0.717, 1.165) is 21.7 Å². The number of halogens is 1. The number of nitrogens with one attached hydrogen (secondary N) is 2. The van der Waals surface area contributed by atoms with Gasteiger partial charge in [0.05, 0.1) is 19.7 Å². The number of carbonyl (C=O) groups is 2. The molecule has 154 valence electrons. The number of hydrogen-bond donors (Lipinski definition) is 3. The molecule has 1 aliphatic rings. The lowest BCUT2D eigenvalue weighted by atomic mass is 10.0. The van der Waals surface area contributed by atoms with Crippen LogP contribution < -0.4 is 10.6 Å². The lowest BCUT2D eigenvalue weighted by Crippen LogP contribution is -2.67. The number of anilines is 1. The number of nitrogens with zero attached hydrogens (tertiary/aromatic N) is 2. The van der Waals surface area contributed by atoms with Gasteiger partial charge in [0.2, 0.25) is 0 Å². The normalized spacial score (nSPS) is 16.9. The summed E-state index contributed by atoms with van der Waals surface area (Å²) in [6.45, 7) is 4.09. The van der Waals surface area contributed by atoms with Crippen LogP contribution in [0.15, 0.2) is 48.5 Å². The first-order valence-corrected chi connectivity index (χ1v) is 9.87. The number of imide groups is 1. The molecule has 1 unspecified atom stereocenters. The molecule has 3 rings (SSSR count). The summed E-state index contributed by atoms with van der Waals surface area (Å²) in [5.41, 5.74) is 2.81. The van der Waals surface area contributed by atoms with Gasteiger partial charge in [-0.3, -0.25) is 10.2 Å². The van der Waals surface area contributed by atoms with E-state index in [2.05, 4.69) is 24.5 Å². The van der Waals surface area contributed by atoms with Crippen molar-refractivity contribution in [2.24, 2.45) is 0 Å². The Balaban J connectivity index is 1.87. The van der Waals surface area contributed by atoms with Crippen molar-refractivity contribution in [3.05, 3.63) is 64.7 Å². The molecular weight excluding hydrogens is 392 g/mol. The number of urea groups is 2. The maximum absolute atomic E-state index is 13.0. The van der Waals surface area contributed by atoms with E-state index < -0.39 is 18.4 Å². The molecule has 4 amide bonds. The van der Waals surface area contributed by atoms with Gasteiger partial charge in [0.15, 0.2) is 6.29 Å². The maximum atomic E-state index is 13.0. The Hall–Kier alpha value is -2.77. The third kappa shape index (κ3) is 4.99. The van der Waals surface area contributed by atoms with Gasteiger partial charge >= 0.3 is 12.1 Å². The van der Waals surface area contributed by atoms with E-state index in [1.54, 1.807) is 12.1 Å². The van der Waals surface area contributed by atoms with Crippen molar-refractivity contribution >= 4 is 29.4 Å². The van der Waals surface area contributed by atoms with Gasteiger partial charge in [0, 0.05) is 10.7 Å². The van der Waals surface area contributed by atoms with Crippen molar-refractivity contribution in [1.29, 1.82) is 0 Å². The van der Waals surface area contributed by atoms with Gasteiger partial charge in [-0.15, -0.1) is 0 Å². The number of carbonyl (C=O) groups excluding carboxylic acids is 2. The summed E-state index contributed by atoms with van der Waals surface area (Å²) in [5.74, 6) is 0.351. The first-order chi connectivity index (χ1) is 13.9. The van der Waals surface area contributed by atoms with E-state index >= 15 is 0 Å². The Morgan fingerprint density at radius 1 is 1.17 bits per heavy atom. The average molecular weight is 417 g/mol. The zero-order valence-electron chi connectivity index (χ0n) is 16.4. The van der Waals surface area contributed by atoms with Crippen molar-refractivity contribution in [2.75, 3.05) is 18.5 Å². The number of benzene rings is 2. The largest absolute Gasteiger partial charge is 0.395 e. The molecule has 0 aliphatic carbocycles. The van der Waals surface area contributed by atoms with E-state index in [1.807, 2.05) is 36.4 Å². The van der Waals surface area contributed by atoms with E-state index in [9.17, 15) is 14.7 Å². The summed E-state index contributed by atoms with van der Waals surface area (Å²) in [6, 6.07) is 14.0. The molecule has 0 aromatic heterocycles. The molecule has 7 nitrogen and oxygen atoms in total. The van der Waals surface area contributed by atoms with Gasteiger partial charge in [-0.2, -0.15) is 0 Å². The van der Waals surface area contributed by atoms with Gasteiger partial charge in [-0.1, -0.05) is 49.7 Å². The SMILES string of the molecule is CC(C)c1cccc(NC2NC(=O)N(CCO)C(=O)N2Cc2ccc(Cl)cc2)c1. The maximum Gasteiger partial charge on any atom is 0.331 e. The number of hydrogen-bond acceptors (Lipinski definition) is 4. The quantitative estimate of drug-likeness (QED) is 0.641. The van der Waals surface area contributed by atoms with Gasteiger partial charge in [0.25, 0.3) is 0 Å². The highest BCUT2D eigenvalue weighted by Gasteiger charge is 2.38. The average Bonchev–Trinajstić information content (AvgIpc) is 2.70. The summed E-state index contributed by atoms with van der Waals surface area (Å²) < 4.78 is 0. The second-order valence-electron chi connectivity index (χ2n) is 7.19. The smallest absolute Gasteiger partial charge is 0.331 e. The molecule has 29 heavy (non-hydrogen) atoms. The Morgan fingerprint density at radius 3 is 2.55 bits per heavy atom. The second kappa shape index (κ2) is 9.15. The van der Waals surface area contributed by atoms with Gasteiger partial charge in [0.1, 0.15) is 0 Å². The molecule has 8 heteroatoms. The molecule has 0 spiro atoms. The Labute approximate surface area is 175 Å². The molecular formula is C21H25ClN4O3. The van der Waals surface area contributed by atoms with E-state index in [0.29, 0.717) is 10.9 Å². The van der Waals surface area contributed by atoms with Crippen LogP contribution in [0.25, 0.3) is 0 Å². The monoisotopic (exact) mass is 416 g/mol. The summed E-state index contributed by atoms with van der Waals surface area (Å²) >= 11 is 5.96. The van der Waals surface area contributed by atoms with Crippen LogP contribution in [-0.4, -0.2) is 46.4 Å². The van der Waals surface area contributed by atoms with Crippen LogP contribution in [0, 0.1) is 0 Å². The summed E-state index contributed by atoms with van der Waals surface area (Å²) in [4.78, 5) is 27.9. The van der Waals surface area contributed by atoms with Crippen LogP contribution >= 0.6 is 11.6 Å². The van der Waals surface area contributed by atoms with Crippen molar-refractivity contribution in [1.82, 2.24) is 15.1 Å². The molecule has 1 atom stereocenters. The van der Waals surface area contributed by atoms with Crippen LogP contribution in [-0.2, 0) is 6.54 Å². The fourth-order valence-corrected chi connectivity index (χ4v) is 3.25. The Morgan fingerprint density at radius 2 is 1.90 bits per heavy atom. The topological polar surface area (TPSA) is 84.9 Å². The fourth-order valence-electron chi connectivity index (χ4n) is 3.13. The minimum Gasteiger partial charge on any atom is -0.395 e. The summed E-state index contributed by atoms with van der Waals surface area (Å²) in [7, 11) is 0. The highest BCUT2D eigenvalue weighted by atomic mass is 35.5. The van der Waals surface area contributed by atoms with Crippen LogP contribution in [0.4, 0.5) is 15.3 Å². The number of aliphatic hydroxyl groups excluding tert-OH is 1. The molecule has 2 aromatic rings. The molecule has 1 heterocycles. The number of rotatable bonds is 7. The zero-order chi connectivity index (χ0) is 21.0. The van der Waals surface area contributed by atoms with Gasteiger partial charge in [-0.25, -0.2) is 14.5 Å².